The molecule has 0 fully saturated rings. The minimum absolute atomic E-state index is 0.248. The van der Waals surface area contributed by atoms with Crippen LogP contribution in [0.1, 0.15) is 22.9 Å². The van der Waals surface area contributed by atoms with Gasteiger partial charge in [0.25, 0.3) is 0 Å². The second-order valence-corrected chi connectivity index (χ2v) is 11.6. The Bertz CT molecular complexity index is 657. The molecule has 3 heteroatoms. The number of benzene rings is 1. The maximum Gasteiger partial charge on any atom is 0.0780 e. The summed E-state index contributed by atoms with van der Waals surface area (Å²) in [6.45, 7) is 7.23. The van der Waals surface area contributed by atoms with Crippen molar-refractivity contribution in [3.8, 4) is 0 Å². The van der Waals surface area contributed by atoms with Gasteiger partial charge in [0.1, 0.15) is 0 Å². The van der Waals surface area contributed by atoms with Gasteiger partial charge in [0.15, 0.2) is 0 Å². The van der Waals surface area contributed by atoms with Crippen molar-refractivity contribution < 1.29 is 0 Å². The summed E-state index contributed by atoms with van der Waals surface area (Å²) >= 11 is 0. The molecule has 2 aromatic heterocycles. The molecule has 0 saturated carbocycles. The Morgan fingerprint density at radius 3 is 1.81 bits per heavy atom. The van der Waals surface area contributed by atoms with Crippen molar-refractivity contribution in [3.05, 3.63) is 77.9 Å². The Balaban J connectivity index is 2.19. The van der Waals surface area contributed by atoms with E-state index >= 15 is 0 Å². The molecule has 2 heterocycles. The highest BCUT2D eigenvalue weighted by Crippen LogP contribution is 2.30. The highest BCUT2D eigenvalue weighted by Gasteiger charge is 2.26. The van der Waals surface area contributed by atoms with Crippen molar-refractivity contribution >= 4 is 13.3 Å². The summed E-state index contributed by atoms with van der Waals surface area (Å²) in [5.41, 5.74) is 3.90. The molecule has 21 heavy (non-hydrogen) atoms. The summed E-state index contributed by atoms with van der Waals surface area (Å²) in [4.78, 5) is 6.80. The first-order valence-electron chi connectivity index (χ1n) is 7.43. The van der Waals surface area contributed by atoms with E-state index in [4.69, 9.17) is 0 Å². The highest BCUT2D eigenvalue weighted by molar-refractivity contribution is 6.89. The van der Waals surface area contributed by atoms with Gasteiger partial charge in [-0.05, 0) is 29.8 Å². The zero-order chi connectivity index (χ0) is 14.9. The summed E-state index contributed by atoms with van der Waals surface area (Å²) in [5, 5.41) is 1.53. The number of aromatic amines is 2. The molecule has 3 aromatic rings. The second-order valence-electron chi connectivity index (χ2n) is 6.52. The lowest BCUT2D eigenvalue weighted by Gasteiger charge is -2.25. The monoisotopic (exact) mass is 294 g/mol. The van der Waals surface area contributed by atoms with Gasteiger partial charge in [-0.1, -0.05) is 49.1 Å². The minimum Gasteiger partial charge on any atom is -0.364 e. The number of aromatic nitrogens is 2. The largest absolute Gasteiger partial charge is 0.364 e. The Morgan fingerprint density at radius 1 is 0.762 bits per heavy atom. The van der Waals surface area contributed by atoms with E-state index < -0.39 is 8.07 Å². The molecule has 3 rings (SSSR count). The fourth-order valence-corrected chi connectivity index (χ4v) is 4.67. The first kappa shape index (κ1) is 14.0. The van der Waals surface area contributed by atoms with Crippen molar-refractivity contribution in [2.45, 2.75) is 25.6 Å². The van der Waals surface area contributed by atoms with E-state index in [1.54, 1.807) is 0 Å². The van der Waals surface area contributed by atoms with Crippen LogP contribution in [0.3, 0.4) is 0 Å². The van der Waals surface area contributed by atoms with E-state index in [9.17, 15) is 0 Å². The van der Waals surface area contributed by atoms with E-state index in [1.807, 2.05) is 12.4 Å². The molecule has 2 N–H and O–H groups in total. The molecule has 0 bridgehead atoms. The molecule has 0 unspecified atom stereocenters. The number of H-pyrrole nitrogens is 2. The van der Waals surface area contributed by atoms with Crippen LogP contribution in [0.25, 0.3) is 0 Å². The fraction of sp³-hybridized carbons (Fsp3) is 0.222. The third-order valence-corrected chi connectivity index (χ3v) is 6.02. The topological polar surface area (TPSA) is 31.6 Å². The molecule has 1 aromatic carbocycles. The zero-order valence-electron chi connectivity index (χ0n) is 12.9. The number of rotatable bonds is 4. The van der Waals surface area contributed by atoms with Gasteiger partial charge in [0.2, 0.25) is 0 Å². The number of nitrogens with one attached hydrogen (secondary N) is 2. The van der Waals surface area contributed by atoms with Crippen LogP contribution in [-0.2, 0) is 0 Å². The Morgan fingerprint density at radius 2 is 1.33 bits per heavy atom. The lowest BCUT2D eigenvalue weighted by molar-refractivity contribution is 0.902. The van der Waals surface area contributed by atoms with Crippen LogP contribution in [0.5, 0.6) is 0 Å². The predicted molar refractivity (Wildman–Crippen MR) is 92.0 cm³/mol. The Labute approximate surface area is 127 Å². The summed E-state index contributed by atoms with van der Waals surface area (Å²) < 4.78 is 0. The van der Waals surface area contributed by atoms with Gasteiger partial charge in [0.05, 0.1) is 14.0 Å². The van der Waals surface area contributed by atoms with Crippen molar-refractivity contribution in [1.29, 1.82) is 0 Å². The highest BCUT2D eigenvalue weighted by atomic mass is 28.3. The zero-order valence-corrected chi connectivity index (χ0v) is 13.9. The maximum absolute atomic E-state index is 3.40. The molecular weight excluding hydrogens is 272 g/mol. The second kappa shape index (κ2) is 5.41. The predicted octanol–water partition coefficient (Wildman–Crippen LogP) is 4.07. The molecule has 0 spiro atoms. The first-order valence-corrected chi connectivity index (χ1v) is 10.9. The molecule has 0 amide bonds. The normalized spacial score (nSPS) is 12.0. The van der Waals surface area contributed by atoms with E-state index in [2.05, 4.69) is 78.1 Å². The Hall–Kier alpha value is -2.00. The van der Waals surface area contributed by atoms with E-state index in [1.165, 1.54) is 22.1 Å². The molecule has 0 atom stereocenters. The van der Waals surface area contributed by atoms with Crippen LogP contribution >= 0.6 is 0 Å². The molecule has 0 radical (unpaired) electrons. The number of hydrogen-bond acceptors (Lipinski definition) is 0. The van der Waals surface area contributed by atoms with E-state index in [0.717, 1.165) is 0 Å². The molecule has 0 aliphatic heterocycles. The average molecular weight is 294 g/mol. The molecular formula is C18H22N2Si. The standard InChI is InChI=1S/C18H22N2Si/c1-21(2,3)17-11-5-4-8-14(17)18(15-9-6-12-19-15)16-10-7-13-20-16/h4-13,18-20H,1-3H3. The lowest BCUT2D eigenvalue weighted by Crippen LogP contribution is -2.41. The first-order chi connectivity index (χ1) is 10.1. The van der Waals surface area contributed by atoms with Crippen molar-refractivity contribution in [1.82, 2.24) is 9.97 Å². The summed E-state index contributed by atoms with van der Waals surface area (Å²) in [7, 11) is -1.39. The van der Waals surface area contributed by atoms with Crippen LogP contribution in [0, 0.1) is 0 Å². The van der Waals surface area contributed by atoms with Crippen molar-refractivity contribution in [2.24, 2.45) is 0 Å². The quantitative estimate of drug-likeness (QED) is 0.680. The smallest absolute Gasteiger partial charge is 0.0780 e. The van der Waals surface area contributed by atoms with Crippen LogP contribution in [0.2, 0.25) is 19.6 Å². The van der Waals surface area contributed by atoms with Gasteiger partial charge >= 0.3 is 0 Å². The lowest BCUT2D eigenvalue weighted by atomic mass is 9.92. The molecule has 0 aliphatic rings. The van der Waals surface area contributed by atoms with Crippen molar-refractivity contribution in [3.63, 3.8) is 0 Å². The minimum atomic E-state index is -1.39. The summed E-state index contributed by atoms with van der Waals surface area (Å²) in [5.74, 6) is 0.248. The molecule has 108 valence electrons. The van der Waals surface area contributed by atoms with Gasteiger partial charge in [-0.15, -0.1) is 0 Å². The Kier molecular flexibility index (Phi) is 3.60. The molecule has 2 nitrogen and oxygen atoms in total. The third-order valence-electron chi connectivity index (χ3n) is 3.95. The van der Waals surface area contributed by atoms with Crippen LogP contribution in [0.4, 0.5) is 0 Å². The summed E-state index contributed by atoms with van der Waals surface area (Å²) in [6.07, 6.45) is 4.00. The van der Waals surface area contributed by atoms with Gasteiger partial charge in [-0.3, -0.25) is 0 Å². The third kappa shape index (κ3) is 2.74. The van der Waals surface area contributed by atoms with Crippen LogP contribution in [-0.4, -0.2) is 18.0 Å². The van der Waals surface area contributed by atoms with Gasteiger partial charge < -0.3 is 9.97 Å². The van der Waals surface area contributed by atoms with Gasteiger partial charge in [0, 0.05) is 23.8 Å². The molecule has 0 saturated heterocycles. The van der Waals surface area contributed by atoms with E-state index in [0.29, 0.717) is 0 Å². The summed E-state index contributed by atoms with van der Waals surface area (Å²) in [6, 6.07) is 17.4. The molecule has 0 aliphatic carbocycles. The van der Waals surface area contributed by atoms with Gasteiger partial charge in [-0.25, -0.2) is 0 Å². The SMILES string of the molecule is C[Si](C)(C)c1ccccc1C(c1ccc[nH]1)c1ccc[nH]1. The van der Waals surface area contributed by atoms with Gasteiger partial charge in [-0.2, -0.15) is 0 Å². The average Bonchev–Trinajstić information content (AvgIpc) is 3.12. The number of hydrogen-bond donors (Lipinski definition) is 2. The van der Waals surface area contributed by atoms with Crippen LogP contribution in [0.15, 0.2) is 60.9 Å². The van der Waals surface area contributed by atoms with Crippen molar-refractivity contribution in [2.75, 3.05) is 0 Å². The van der Waals surface area contributed by atoms with E-state index in [-0.39, 0.29) is 5.92 Å². The fourth-order valence-electron chi connectivity index (χ4n) is 2.98. The van der Waals surface area contributed by atoms with Crippen LogP contribution < -0.4 is 5.19 Å². The maximum atomic E-state index is 3.40.